The molecule has 1 amide bonds. The molecule has 0 aliphatic heterocycles. The predicted molar refractivity (Wildman–Crippen MR) is 127 cm³/mol. The molecule has 3 aromatic carbocycles. The molecule has 3 rings (SSSR count). The van der Waals surface area contributed by atoms with E-state index >= 15 is 0 Å². The van der Waals surface area contributed by atoms with Crippen LogP contribution in [0.2, 0.25) is 5.02 Å². The summed E-state index contributed by atoms with van der Waals surface area (Å²) < 4.78 is 26.8. The van der Waals surface area contributed by atoms with Gasteiger partial charge in [-0.25, -0.2) is 4.79 Å². The molecule has 0 fully saturated rings. The summed E-state index contributed by atoms with van der Waals surface area (Å²) in [4.78, 5) is 25.0. The Morgan fingerprint density at radius 2 is 1.50 bits per heavy atom. The van der Waals surface area contributed by atoms with Crippen molar-refractivity contribution in [3.63, 3.8) is 0 Å². The van der Waals surface area contributed by atoms with Crippen LogP contribution in [0.5, 0.6) is 23.0 Å². The standard InChI is InChI=1S/C25H24ClNO7/c1-30-21-12-17(13-22(31-2)24(21)32-3)27-23(28)15-34-25(29)18-9-5-7-11-20(18)33-14-16-8-4-6-10-19(16)26/h4-13H,14-15H2,1-3H3,(H,27,28). The summed E-state index contributed by atoms with van der Waals surface area (Å²) in [5.74, 6) is 0.213. The summed E-state index contributed by atoms with van der Waals surface area (Å²) in [5, 5.41) is 3.20. The third-order valence-electron chi connectivity index (χ3n) is 4.73. The van der Waals surface area contributed by atoms with Crippen molar-refractivity contribution in [3.8, 4) is 23.0 Å². The van der Waals surface area contributed by atoms with Gasteiger partial charge in [0.05, 0.1) is 21.3 Å². The number of halogens is 1. The first-order chi connectivity index (χ1) is 16.5. The maximum atomic E-state index is 12.6. The van der Waals surface area contributed by atoms with Gasteiger partial charge in [-0.1, -0.05) is 41.9 Å². The number of esters is 1. The topological polar surface area (TPSA) is 92.3 Å². The Kier molecular flexibility index (Phi) is 8.59. The summed E-state index contributed by atoms with van der Waals surface area (Å²) in [7, 11) is 4.42. The maximum Gasteiger partial charge on any atom is 0.342 e. The highest BCUT2D eigenvalue weighted by Gasteiger charge is 2.18. The summed E-state index contributed by atoms with van der Waals surface area (Å²) in [6.45, 7) is -0.333. The minimum absolute atomic E-state index is 0.172. The van der Waals surface area contributed by atoms with E-state index in [1.54, 1.807) is 42.5 Å². The molecule has 8 nitrogen and oxygen atoms in total. The summed E-state index contributed by atoms with van der Waals surface area (Å²) in [5.41, 5.74) is 1.35. The van der Waals surface area contributed by atoms with Crippen molar-refractivity contribution in [1.82, 2.24) is 0 Å². The molecule has 34 heavy (non-hydrogen) atoms. The Labute approximate surface area is 202 Å². The van der Waals surface area contributed by atoms with Crippen molar-refractivity contribution in [1.29, 1.82) is 0 Å². The third kappa shape index (κ3) is 6.11. The Balaban J connectivity index is 1.63. The lowest BCUT2D eigenvalue weighted by Crippen LogP contribution is -2.21. The minimum Gasteiger partial charge on any atom is -0.493 e. The summed E-state index contributed by atoms with van der Waals surface area (Å²) in [6, 6.07) is 17.0. The van der Waals surface area contributed by atoms with Gasteiger partial charge in [0.15, 0.2) is 18.1 Å². The first-order valence-electron chi connectivity index (χ1n) is 10.2. The van der Waals surface area contributed by atoms with Crippen molar-refractivity contribution < 1.29 is 33.3 Å². The van der Waals surface area contributed by atoms with Crippen molar-refractivity contribution in [2.24, 2.45) is 0 Å². The first-order valence-corrected chi connectivity index (χ1v) is 10.6. The number of para-hydroxylation sites is 1. The number of methoxy groups -OCH3 is 3. The van der Waals surface area contributed by atoms with E-state index in [1.165, 1.54) is 21.3 Å². The molecule has 0 radical (unpaired) electrons. The second-order valence-corrected chi connectivity index (χ2v) is 7.32. The van der Waals surface area contributed by atoms with Crippen LogP contribution in [0, 0.1) is 0 Å². The van der Waals surface area contributed by atoms with Crippen LogP contribution in [-0.2, 0) is 16.1 Å². The minimum atomic E-state index is -0.699. The fourth-order valence-corrected chi connectivity index (χ4v) is 3.28. The van der Waals surface area contributed by atoms with Gasteiger partial charge in [-0.2, -0.15) is 0 Å². The molecule has 1 N–H and O–H groups in total. The number of anilines is 1. The first kappa shape index (κ1) is 24.7. The largest absolute Gasteiger partial charge is 0.493 e. The Morgan fingerprint density at radius 1 is 0.853 bits per heavy atom. The van der Waals surface area contributed by atoms with Gasteiger partial charge >= 0.3 is 5.97 Å². The molecule has 0 heterocycles. The van der Waals surface area contributed by atoms with Crippen molar-refractivity contribution in [2.45, 2.75) is 6.61 Å². The van der Waals surface area contributed by atoms with Crippen LogP contribution in [-0.4, -0.2) is 39.8 Å². The number of hydrogen-bond acceptors (Lipinski definition) is 7. The average molecular weight is 486 g/mol. The van der Waals surface area contributed by atoms with Crippen molar-refractivity contribution in [2.75, 3.05) is 33.3 Å². The molecule has 0 aliphatic rings. The molecule has 3 aromatic rings. The normalized spacial score (nSPS) is 10.2. The SMILES string of the molecule is COc1cc(NC(=O)COC(=O)c2ccccc2OCc2ccccc2Cl)cc(OC)c1OC. The van der Waals surface area contributed by atoms with Gasteiger partial charge in [0.1, 0.15) is 17.9 Å². The second-order valence-electron chi connectivity index (χ2n) is 6.91. The summed E-state index contributed by atoms with van der Waals surface area (Å²) in [6.07, 6.45) is 0. The van der Waals surface area contributed by atoms with E-state index < -0.39 is 18.5 Å². The number of nitrogens with one attached hydrogen (secondary N) is 1. The van der Waals surface area contributed by atoms with Gasteiger partial charge in [-0.3, -0.25) is 4.79 Å². The fourth-order valence-electron chi connectivity index (χ4n) is 3.09. The summed E-state index contributed by atoms with van der Waals surface area (Å²) >= 11 is 6.16. The average Bonchev–Trinajstić information content (AvgIpc) is 2.86. The number of carbonyl (C=O) groups is 2. The van der Waals surface area contributed by atoms with Gasteiger partial charge in [-0.15, -0.1) is 0 Å². The number of amides is 1. The molecule has 0 aromatic heterocycles. The number of hydrogen-bond donors (Lipinski definition) is 1. The molecular formula is C25H24ClNO7. The zero-order valence-electron chi connectivity index (χ0n) is 18.9. The highest BCUT2D eigenvalue weighted by Crippen LogP contribution is 2.39. The zero-order valence-corrected chi connectivity index (χ0v) is 19.7. The van der Waals surface area contributed by atoms with E-state index in [9.17, 15) is 9.59 Å². The van der Waals surface area contributed by atoms with Crippen LogP contribution >= 0.6 is 11.6 Å². The lowest BCUT2D eigenvalue weighted by Gasteiger charge is -2.15. The molecular weight excluding hydrogens is 462 g/mol. The van der Waals surface area contributed by atoms with Crippen LogP contribution in [0.15, 0.2) is 60.7 Å². The van der Waals surface area contributed by atoms with E-state index in [2.05, 4.69) is 5.32 Å². The smallest absolute Gasteiger partial charge is 0.342 e. The maximum absolute atomic E-state index is 12.6. The van der Waals surface area contributed by atoms with Gasteiger partial charge in [0, 0.05) is 28.4 Å². The molecule has 9 heteroatoms. The van der Waals surface area contributed by atoms with Gasteiger partial charge < -0.3 is 29.0 Å². The molecule has 0 unspecified atom stereocenters. The van der Waals surface area contributed by atoms with Gasteiger partial charge in [0.2, 0.25) is 5.75 Å². The highest BCUT2D eigenvalue weighted by molar-refractivity contribution is 6.31. The van der Waals surface area contributed by atoms with Crippen molar-refractivity contribution >= 4 is 29.2 Å². The monoisotopic (exact) mass is 485 g/mol. The van der Waals surface area contributed by atoms with E-state index in [-0.39, 0.29) is 12.2 Å². The molecule has 178 valence electrons. The van der Waals surface area contributed by atoms with E-state index in [4.69, 9.17) is 35.3 Å². The number of ether oxygens (including phenoxy) is 5. The Morgan fingerprint density at radius 3 is 2.15 bits per heavy atom. The van der Waals surface area contributed by atoms with Crippen LogP contribution in [0.1, 0.15) is 15.9 Å². The van der Waals surface area contributed by atoms with E-state index in [1.807, 2.05) is 18.2 Å². The quantitative estimate of drug-likeness (QED) is 0.414. The van der Waals surface area contributed by atoms with E-state index in [0.29, 0.717) is 33.7 Å². The molecule has 0 atom stereocenters. The zero-order chi connectivity index (χ0) is 24.5. The number of rotatable bonds is 10. The number of carbonyl (C=O) groups excluding carboxylic acids is 2. The van der Waals surface area contributed by atoms with Gasteiger partial charge in [-0.05, 0) is 18.2 Å². The molecule has 0 aliphatic carbocycles. The Hall–Kier alpha value is -3.91. The second kappa shape index (κ2) is 11.8. The van der Waals surface area contributed by atoms with Crippen LogP contribution in [0.4, 0.5) is 5.69 Å². The molecule has 0 bridgehead atoms. The van der Waals surface area contributed by atoms with Crippen LogP contribution < -0.4 is 24.3 Å². The van der Waals surface area contributed by atoms with E-state index in [0.717, 1.165) is 5.56 Å². The highest BCUT2D eigenvalue weighted by atomic mass is 35.5. The molecule has 0 saturated heterocycles. The van der Waals surface area contributed by atoms with Gasteiger partial charge in [0.25, 0.3) is 5.91 Å². The lowest BCUT2D eigenvalue weighted by molar-refractivity contribution is -0.119. The van der Waals surface area contributed by atoms with Crippen LogP contribution in [0.25, 0.3) is 0 Å². The van der Waals surface area contributed by atoms with Crippen LogP contribution in [0.3, 0.4) is 0 Å². The number of benzene rings is 3. The molecule has 0 spiro atoms. The lowest BCUT2D eigenvalue weighted by atomic mass is 10.2. The van der Waals surface area contributed by atoms with Crippen molar-refractivity contribution in [3.05, 3.63) is 76.8 Å². The Bertz CT molecular complexity index is 1140. The molecule has 0 saturated carbocycles. The predicted octanol–water partition coefficient (Wildman–Crippen LogP) is 4.74. The fraction of sp³-hybridized carbons (Fsp3) is 0.200. The third-order valence-corrected chi connectivity index (χ3v) is 5.10.